The van der Waals surface area contributed by atoms with E-state index in [1.54, 1.807) is 4.57 Å². The number of aryl methyl sites for hydroxylation is 3. The summed E-state index contributed by atoms with van der Waals surface area (Å²) in [7, 11) is 0. The Bertz CT molecular complexity index is 1420. The number of alkyl halides is 2. The van der Waals surface area contributed by atoms with Crippen molar-refractivity contribution in [2.45, 2.75) is 79.4 Å². The van der Waals surface area contributed by atoms with Crippen molar-refractivity contribution < 1.29 is 18.0 Å². The highest BCUT2D eigenvalue weighted by atomic mass is 19.3. The first-order valence-corrected chi connectivity index (χ1v) is 14.3. The molecule has 0 aliphatic carbocycles. The molecule has 2 aromatic heterocycles. The molecule has 0 radical (unpaired) electrons. The van der Waals surface area contributed by atoms with Gasteiger partial charge in [-0.25, -0.2) is 8.78 Å². The first-order valence-electron chi connectivity index (χ1n) is 14.3. The zero-order chi connectivity index (χ0) is 28.6. The second-order valence-corrected chi connectivity index (χ2v) is 10.6. The topological polar surface area (TPSA) is 50.4 Å². The highest BCUT2D eigenvalue weighted by molar-refractivity contribution is 5.87. The zero-order valence-electron chi connectivity index (χ0n) is 24.1. The van der Waals surface area contributed by atoms with Crippen LogP contribution in [0.4, 0.5) is 8.78 Å². The molecule has 0 fully saturated rings. The molecular formula is C33H41F2N3O2. The lowest BCUT2D eigenvalue weighted by Crippen LogP contribution is -2.24. The summed E-state index contributed by atoms with van der Waals surface area (Å²) >= 11 is 0. The van der Waals surface area contributed by atoms with Crippen LogP contribution in [0.1, 0.15) is 79.0 Å². The van der Waals surface area contributed by atoms with E-state index < -0.39 is 6.43 Å². The van der Waals surface area contributed by atoms with Crippen molar-refractivity contribution in [2.75, 3.05) is 13.1 Å². The number of nitrogens with zero attached hydrogens (tertiary/aromatic N) is 2. The fourth-order valence-corrected chi connectivity index (χ4v) is 5.28. The molecule has 0 spiro atoms. The first kappa shape index (κ1) is 29.5. The Hall–Kier alpha value is -3.45. The molecule has 7 heteroatoms. The maximum atomic E-state index is 14.6. The number of nitrogens with one attached hydrogen (secondary N) is 1. The second kappa shape index (κ2) is 13.8. The van der Waals surface area contributed by atoms with Crippen molar-refractivity contribution in [1.82, 2.24) is 14.8 Å². The molecule has 1 amide bonds. The summed E-state index contributed by atoms with van der Waals surface area (Å²) in [6.07, 6.45) is -0.00649. The minimum Gasteiger partial charge on any atom is -0.463 e. The van der Waals surface area contributed by atoms with Gasteiger partial charge in [0.2, 0.25) is 5.91 Å². The van der Waals surface area contributed by atoms with E-state index in [2.05, 4.69) is 30.1 Å². The number of hydrogen-bond donors (Lipinski definition) is 1. The van der Waals surface area contributed by atoms with Crippen molar-refractivity contribution in [2.24, 2.45) is 0 Å². The molecule has 2 aromatic carbocycles. The van der Waals surface area contributed by atoms with Crippen molar-refractivity contribution in [3.63, 3.8) is 0 Å². The highest BCUT2D eigenvalue weighted by Gasteiger charge is 2.24. The quantitative estimate of drug-likeness (QED) is 0.175. The molecule has 0 saturated heterocycles. The SMILES string of the molecule is CCCCN(CC)Cc1ccc(CNC(=O)CCc2c(C(F)F)n(Cc3cc(C)ccc3C)c3ccccc23)o1. The van der Waals surface area contributed by atoms with Crippen LogP contribution in [-0.4, -0.2) is 28.5 Å². The maximum absolute atomic E-state index is 14.6. The average Bonchev–Trinajstić information content (AvgIpc) is 3.52. The Kier molecular flexibility index (Phi) is 10.2. The standard InChI is InChI=1S/C33H41F2N3O2/c1-5-7-18-37(6-2)22-27-15-14-26(40-27)20-36-31(39)17-16-29-28-10-8-9-11-30(28)38(32(29)33(34)35)21-25-19-23(3)12-13-24(25)4/h8-15,19,33H,5-7,16-18,20-22H2,1-4H3,(H,36,39). The van der Waals surface area contributed by atoms with E-state index in [0.29, 0.717) is 17.9 Å². The lowest BCUT2D eigenvalue weighted by molar-refractivity contribution is -0.121. The predicted octanol–water partition coefficient (Wildman–Crippen LogP) is 7.71. The number of fused-ring (bicyclic) bond motifs is 1. The van der Waals surface area contributed by atoms with Gasteiger partial charge in [-0.05, 0) is 74.7 Å². The third-order valence-corrected chi connectivity index (χ3v) is 7.59. The van der Waals surface area contributed by atoms with E-state index in [9.17, 15) is 13.6 Å². The number of para-hydroxylation sites is 1. The second-order valence-electron chi connectivity index (χ2n) is 10.6. The Morgan fingerprint density at radius 2 is 1.82 bits per heavy atom. The molecular weight excluding hydrogens is 508 g/mol. The van der Waals surface area contributed by atoms with Gasteiger partial charge >= 0.3 is 0 Å². The van der Waals surface area contributed by atoms with E-state index in [4.69, 9.17) is 4.42 Å². The van der Waals surface area contributed by atoms with Crippen molar-refractivity contribution in [1.29, 1.82) is 0 Å². The van der Waals surface area contributed by atoms with Gasteiger partial charge in [0.15, 0.2) is 0 Å². The van der Waals surface area contributed by atoms with Gasteiger partial charge in [-0.1, -0.05) is 62.2 Å². The van der Waals surface area contributed by atoms with Gasteiger partial charge < -0.3 is 14.3 Å². The molecule has 1 N–H and O–H groups in total. The lowest BCUT2D eigenvalue weighted by Gasteiger charge is -2.18. The third kappa shape index (κ3) is 7.19. The summed E-state index contributed by atoms with van der Waals surface area (Å²) in [6.45, 7) is 11.7. The van der Waals surface area contributed by atoms with Crippen LogP contribution in [0.5, 0.6) is 0 Å². The van der Waals surface area contributed by atoms with Crippen LogP contribution in [0.3, 0.4) is 0 Å². The Morgan fingerprint density at radius 3 is 2.58 bits per heavy atom. The minimum absolute atomic E-state index is 0.00543. The van der Waals surface area contributed by atoms with Gasteiger partial charge in [-0.15, -0.1) is 0 Å². The monoisotopic (exact) mass is 549 g/mol. The molecule has 4 rings (SSSR count). The van der Waals surface area contributed by atoms with E-state index in [0.717, 1.165) is 65.8 Å². The maximum Gasteiger partial charge on any atom is 0.278 e. The van der Waals surface area contributed by atoms with Crippen molar-refractivity contribution >= 4 is 16.8 Å². The number of rotatable bonds is 14. The molecule has 0 saturated carbocycles. The smallest absolute Gasteiger partial charge is 0.278 e. The number of amides is 1. The third-order valence-electron chi connectivity index (χ3n) is 7.59. The van der Waals surface area contributed by atoms with Gasteiger partial charge in [0.1, 0.15) is 11.5 Å². The van der Waals surface area contributed by atoms with Gasteiger partial charge in [-0.2, -0.15) is 0 Å². The average molecular weight is 550 g/mol. The summed E-state index contributed by atoms with van der Waals surface area (Å²) in [4.78, 5) is 15.1. The number of furan rings is 1. The molecule has 2 heterocycles. The summed E-state index contributed by atoms with van der Waals surface area (Å²) in [5.41, 5.74) is 4.46. The van der Waals surface area contributed by atoms with Gasteiger partial charge in [0.05, 0.1) is 18.8 Å². The number of hydrogen-bond acceptors (Lipinski definition) is 3. The predicted molar refractivity (Wildman–Crippen MR) is 157 cm³/mol. The number of unbranched alkanes of at least 4 members (excludes halogenated alkanes) is 1. The van der Waals surface area contributed by atoms with E-state index in [1.165, 1.54) is 0 Å². The Balaban J connectivity index is 1.45. The number of benzene rings is 2. The molecule has 0 bridgehead atoms. The fourth-order valence-electron chi connectivity index (χ4n) is 5.28. The molecule has 5 nitrogen and oxygen atoms in total. The Labute approximate surface area is 236 Å². The van der Waals surface area contributed by atoms with Crippen LogP contribution in [0.25, 0.3) is 10.9 Å². The van der Waals surface area contributed by atoms with Gasteiger partial charge in [0.25, 0.3) is 6.43 Å². The zero-order valence-corrected chi connectivity index (χ0v) is 24.1. The van der Waals surface area contributed by atoms with Gasteiger partial charge in [0, 0.05) is 23.9 Å². The van der Waals surface area contributed by atoms with Gasteiger partial charge in [-0.3, -0.25) is 9.69 Å². The fraction of sp³-hybridized carbons (Fsp3) is 0.424. The summed E-state index contributed by atoms with van der Waals surface area (Å²) < 4.78 is 36.8. The van der Waals surface area contributed by atoms with Crippen LogP contribution < -0.4 is 5.32 Å². The molecule has 0 atom stereocenters. The van der Waals surface area contributed by atoms with E-state index in [-0.39, 0.29) is 31.0 Å². The molecule has 4 aromatic rings. The van der Waals surface area contributed by atoms with Crippen LogP contribution in [0.15, 0.2) is 59.0 Å². The van der Waals surface area contributed by atoms with Crippen LogP contribution >= 0.6 is 0 Å². The first-order chi connectivity index (χ1) is 19.3. The van der Waals surface area contributed by atoms with Crippen LogP contribution in [-0.2, 0) is 30.8 Å². The molecule has 0 aliphatic heterocycles. The highest BCUT2D eigenvalue weighted by Crippen LogP contribution is 2.35. The number of aromatic nitrogens is 1. The Morgan fingerprint density at radius 1 is 1.05 bits per heavy atom. The van der Waals surface area contributed by atoms with Crippen molar-refractivity contribution in [3.8, 4) is 0 Å². The summed E-state index contributed by atoms with van der Waals surface area (Å²) in [5, 5.41) is 3.67. The van der Waals surface area contributed by atoms with Crippen LogP contribution in [0, 0.1) is 13.8 Å². The largest absolute Gasteiger partial charge is 0.463 e. The van der Waals surface area contributed by atoms with Crippen LogP contribution in [0.2, 0.25) is 0 Å². The lowest BCUT2D eigenvalue weighted by atomic mass is 10.0. The van der Waals surface area contributed by atoms with E-state index in [1.807, 2.05) is 62.4 Å². The van der Waals surface area contributed by atoms with Crippen molar-refractivity contribution in [3.05, 3.63) is 94.1 Å². The molecule has 0 unspecified atom stereocenters. The molecule has 0 aliphatic rings. The molecule has 214 valence electrons. The normalized spacial score (nSPS) is 11.7. The number of carbonyl (C=O) groups excluding carboxylic acids is 1. The van der Waals surface area contributed by atoms with E-state index >= 15 is 0 Å². The summed E-state index contributed by atoms with van der Waals surface area (Å²) in [6, 6.07) is 17.4. The minimum atomic E-state index is -2.66. The summed E-state index contributed by atoms with van der Waals surface area (Å²) in [5.74, 6) is 1.37. The molecule has 40 heavy (non-hydrogen) atoms. The number of halogens is 2. The number of carbonyl (C=O) groups is 1.